The van der Waals surface area contributed by atoms with E-state index in [2.05, 4.69) is 9.97 Å². The standard InChI is InChI=1S/C16H9F4N3/c17-10-4-13(19)15(22-6-10)8-1-9(3-12(21)2-8)16-14(20)5-11(18)7-23-16/h1-7H,21H2. The zero-order valence-corrected chi connectivity index (χ0v) is 11.5. The van der Waals surface area contributed by atoms with Gasteiger partial charge in [-0.2, -0.15) is 0 Å². The van der Waals surface area contributed by atoms with E-state index in [1.54, 1.807) is 0 Å². The first-order chi connectivity index (χ1) is 10.9. The molecule has 2 aromatic heterocycles. The molecule has 3 aromatic rings. The second kappa shape index (κ2) is 5.68. The third-order valence-corrected chi connectivity index (χ3v) is 3.12. The third kappa shape index (κ3) is 2.98. The number of pyridine rings is 2. The van der Waals surface area contributed by atoms with Gasteiger partial charge in [-0.3, -0.25) is 9.97 Å². The lowest BCUT2D eigenvalue weighted by molar-refractivity contribution is 0.576. The first-order valence-electron chi connectivity index (χ1n) is 6.47. The van der Waals surface area contributed by atoms with E-state index in [1.165, 1.54) is 18.2 Å². The molecule has 0 saturated carbocycles. The Balaban J connectivity index is 2.16. The molecule has 0 fully saturated rings. The van der Waals surface area contributed by atoms with Crippen LogP contribution in [0.2, 0.25) is 0 Å². The molecule has 2 N–H and O–H groups in total. The molecule has 23 heavy (non-hydrogen) atoms. The topological polar surface area (TPSA) is 51.8 Å². The number of hydrogen-bond acceptors (Lipinski definition) is 3. The summed E-state index contributed by atoms with van der Waals surface area (Å²) in [7, 11) is 0. The normalized spacial score (nSPS) is 10.8. The van der Waals surface area contributed by atoms with Crippen LogP contribution in [0, 0.1) is 23.3 Å². The van der Waals surface area contributed by atoms with Crippen LogP contribution in [-0.2, 0) is 0 Å². The van der Waals surface area contributed by atoms with Crippen LogP contribution in [0.1, 0.15) is 0 Å². The van der Waals surface area contributed by atoms with E-state index >= 15 is 0 Å². The second-order valence-electron chi connectivity index (χ2n) is 4.81. The number of rotatable bonds is 2. The molecule has 0 atom stereocenters. The molecule has 0 amide bonds. The van der Waals surface area contributed by atoms with Crippen LogP contribution < -0.4 is 5.73 Å². The van der Waals surface area contributed by atoms with Gasteiger partial charge in [-0.25, -0.2) is 17.6 Å². The molecule has 0 aliphatic rings. The average molecular weight is 319 g/mol. The fourth-order valence-electron chi connectivity index (χ4n) is 2.18. The Morgan fingerprint density at radius 3 is 1.48 bits per heavy atom. The molecule has 1 aromatic carbocycles. The number of nitrogens with two attached hydrogens (primary N) is 1. The van der Waals surface area contributed by atoms with E-state index in [9.17, 15) is 17.6 Å². The van der Waals surface area contributed by atoms with Crippen LogP contribution in [0.4, 0.5) is 23.2 Å². The molecular weight excluding hydrogens is 310 g/mol. The highest BCUT2D eigenvalue weighted by Gasteiger charge is 2.14. The molecular formula is C16H9F4N3. The summed E-state index contributed by atoms with van der Waals surface area (Å²) in [6.07, 6.45) is 1.72. The minimum Gasteiger partial charge on any atom is -0.399 e. The predicted molar refractivity (Wildman–Crippen MR) is 77.1 cm³/mol. The summed E-state index contributed by atoms with van der Waals surface area (Å²) >= 11 is 0. The summed E-state index contributed by atoms with van der Waals surface area (Å²) in [5, 5.41) is 0. The number of halogens is 4. The van der Waals surface area contributed by atoms with E-state index in [0.717, 1.165) is 12.4 Å². The quantitative estimate of drug-likeness (QED) is 0.575. The Bertz CT molecular complexity index is 827. The smallest absolute Gasteiger partial charge is 0.152 e. The van der Waals surface area contributed by atoms with Crippen molar-refractivity contribution in [3.05, 3.63) is 66.0 Å². The van der Waals surface area contributed by atoms with Crippen molar-refractivity contribution in [3.63, 3.8) is 0 Å². The summed E-state index contributed by atoms with van der Waals surface area (Å²) in [6.45, 7) is 0. The van der Waals surface area contributed by atoms with E-state index in [1.807, 2.05) is 0 Å². The highest BCUT2D eigenvalue weighted by molar-refractivity contribution is 5.74. The molecule has 3 nitrogen and oxygen atoms in total. The van der Waals surface area contributed by atoms with E-state index in [-0.39, 0.29) is 28.2 Å². The Morgan fingerprint density at radius 2 is 1.09 bits per heavy atom. The summed E-state index contributed by atoms with van der Waals surface area (Å²) in [4.78, 5) is 7.36. The van der Waals surface area contributed by atoms with E-state index in [4.69, 9.17) is 5.73 Å². The van der Waals surface area contributed by atoms with Crippen LogP contribution in [-0.4, -0.2) is 9.97 Å². The molecule has 116 valence electrons. The van der Waals surface area contributed by atoms with Gasteiger partial charge < -0.3 is 5.73 Å². The highest BCUT2D eigenvalue weighted by atomic mass is 19.1. The van der Waals surface area contributed by atoms with Gasteiger partial charge in [0.1, 0.15) is 23.0 Å². The molecule has 0 spiro atoms. The number of anilines is 1. The van der Waals surface area contributed by atoms with Crippen molar-refractivity contribution < 1.29 is 17.6 Å². The van der Waals surface area contributed by atoms with Crippen molar-refractivity contribution >= 4 is 5.69 Å². The van der Waals surface area contributed by atoms with Gasteiger partial charge in [0.25, 0.3) is 0 Å². The largest absolute Gasteiger partial charge is 0.399 e. The second-order valence-corrected chi connectivity index (χ2v) is 4.81. The zero-order valence-electron chi connectivity index (χ0n) is 11.5. The van der Waals surface area contributed by atoms with Gasteiger partial charge in [-0.1, -0.05) is 0 Å². The number of hydrogen-bond donors (Lipinski definition) is 1. The zero-order chi connectivity index (χ0) is 16.6. The highest BCUT2D eigenvalue weighted by Crippen LogP contribution is 2.30. The van der Waals surface area contributed by atoms with Crippen molar-refractivity contribution in [1.82, 2.24) is 9.97 Å². The number of nitrogen functional groups attached to an aromatic ring is 1. The number of aromatic nitrogens is 2. The van der Waals surface area contributed by atoms with E-state index < -0.39 is 23.3 Å². The summed E-state index contributed by atoms with van der Waals surface area (Å²) in [5.74, 6) is -3.40. The van der Waals surface area contributed by atoms with Crippen molar-refractivity contribution in [2.45, 2.75) is 0 Å². The van der Waals surface area contributed by atoms with Crippen LogP contribution in [0.3, 0.4) is 0 Å². The fraction of sp³-hybridized carbons (Fsp3) is 0. The molecule has 0 unspecified atom stereocenters. The fourth-order valence-corrected chi connectivity index (χ4v) is 2.18. The summed E-state index contributed by atoms with van der Waals surface area (Å²) in [6, 6.07) is 5.58. The third-order valence-electron chi connectivity index (χ3n) is 3.12. The molecule has 7 heteroatoms. The molecule has 0 aliphatic carbocycles. The Kier molecular flexibility index (Phi) is 3.69. The molecule has 2 heterocycles. The van der Waals surface area contributed by atoms with Crippen LogP contribution in [0.5, 0.6) is 0 Å². The van der Waals surface area contributed by atoms with Crippen molar-refractivity contribution in [2.24, 2.45) is 0 Å². The summed E-state index contributed by atoms with van der Waals surface area (Å²) in [5.41, 5.74) is 6.12. The molecule has 0 radical (unpaired) electrons. The van der Waals surface area contributed by atoms with Gasteiger partial charge in [-0.05, 0) is 18.2 Å². The maximum atomic E-state index is 13.9. The number of nitrogens with zero attached hydrogens (tertiary/aromatic N) is 2. The Labute approximate surface area is 128 Å². The first kappa shape index (κ1) is 15.0. The minimum atomic E-state index is -0.880. The Morgan fingerprint density at radius 1 is 0.652 bits per heavy atom. The lowest BCUT2D eigenvalue weighted by Gasteiger charge is -2.08. The maximum Gasteiger partial charge on any atom is 0.152 e. The molecule has 0 bridgehead atoms. The SMILES string of the molecule is Nc1cc(-c2ncc(F)cc2F)cc(-c2ncc(F)cc2F)c1. The lowest BCUT2D eigenvalue weighted by Crippen LogP contribution is -1.96. The van der Waals surface area contributed by atoms with Crippen molar-refractivity contribution in [1.29, 1.82) is 0 Å². The van der Waals surface area contributed by atoms with Gasteiger partial charge >= 0.3 is 0 Å². The van der Waals surface area contributed by atoms with Gasteiger partial charge in [0.05, 0.1) is 12.4 Å². The maximum absolute atomic E-state index is 13.9. The lowest BCUT2D eigenvalue weighted by atomic mass is 10.0. The van der Waals surface area contributed by atoms with Gasteiger partial charge in [-0.15, -0.1) is 0 Å². The van der Waals surface area contributed by atoms with Crippen LogP contribution >= 0.6 is 0 Å². The minimum absolute atomic E-state index is 0.137. The molecule has 0 aliphatic heterocycles. The predicted octanol–water partition coefficient (Wildman–Crippen LogP) is 3.95. The van der Waals surface area contributed by atoms with Crippen LogP contribution in [0.25, 0.3) is 22.5 Å². The molecule has 3 rings (SSSR count). The van der Waals surface area contributed by atoms with Crippen molar-refractivity contribution in [2.75, 3.05) is 5.73 Å². The number of benzene rings is 1. The Hall–Kier alpha value is -2.96. The van der Waals surface area contributed by atoms with Gasteiger partial charge in [0.15, 0.2) is 11.6 Å². The monoisotopic (exact) mass is 319 g/mol. The summed E-state index contributed by atoms with van der Waals surface area (Å²) < 4.78 is 53.6. The molecule has 0 saturated heterocycles. The van der Waals surface area contributed by atoms with Gasteiger partial charge in [0.2, 0.25) is 0 Å². The van der Waals surface area contributed by atoms with Crippen LogP contribution in [0.15, 0.2) is 42.7 Å². The first-order valence-corrected chi connectivity index (χ1v) is 6.47. The van der Waals surface area contributed by atoms with Gasteiger partial charge in [0, 0.05) is 28.9 Å². The van der Waals surface area contributed by atoms with Crippen molar-refractivity contribution in [3.8, 4) is 22.5 Å². The van der Waals surface area contributed by atoms with E-state index in [0.29, 0.717) is 12.1 Å². The average Bonchev–Trinajstić information content (AvgIpc) is 2.46.